The first-order valence-electron chi connectivity index (χ1n) is 7.05. The van der Waals surface area contributed by atoms with Gasteiger partial charge in [0.05, 0.1) is 10.7 Å². The first-order valence-corrected chi connectivity index (χ1v) is 8.22. The van der Waals surface area contributed by atoms with Gasteiger partial charge in [-0.05, 0) is 37.3 Å². The van der Waals surface area contributed by atoms with E-state index in [0.29, 0.717) is 16.3 Å². The number of nitrogens with one attached hydrogen (secondary N) is 2. The summed E-state index contributed by atoms with van der Waals surface area (Å²) in [7, 11) is 0. The Balaban J connectivity index is 1.81. The molecular weight excluding hydrogens is 380 g/mol. The number of benzene rings is 2. The summed E-state index contributed by atoms with van der Waals surface area (Å²) in [5, 5.41) is 5.90. The van der Waals surface area contributed by atoms with E-state index in [1.165, 1.54) is 0 Å². The van der Waals surface area contributed by atoms with Crippen LogP contribution < -0.4 is 10.6 Å². The molecule has 120 valence electrons. The second-order valence-electron chi connectivity index (χ2n) is 5.05. The van der Waals surface area contributed by atoms with Crippen molar-refractivity contribution in [2.24, 2.45) is 0 Å². The van der Waals surface area contributed by atoms with Crippen molar-refractivity contribution in [2.75, 3.05) is 11.9 Å². The van der Waals surface area contributed by atoms with Gasteiger partial charge in [0.15, 0.2) is 0 Å². The Bertz CT molecular complexity index is 734. The number of halogens is 2. The van der Waals surface area contributed by atoms with Crippen LogP contribution in [0.1, 0.15) is 22.3 Å². The highest BCUT2D eigenvalue weighted by atomic mass is 79.9. The predicted molar refractivity (Wildman–Crippen MR) is 95.9 cm³/mol. The van der Waals surface area contributed by atoms with E-state index < -0.39 is 0 Å². The minimum absolute atomic E-state index is 0.171. The molecule has 2 aromatic rings. The van der Waals surface area contributed by atoms with Gasteiger partial charge in [-0.1, -0.05) is 45.2 Å². The zero-order valence-electron chi connectivity index (χ0n) is 12.5. The zero-order chi connectivity index (χ0) is 16.8. The minimum Gasteiger partial charge on any atom is -0.352 e. The lowest BCUT2D eigenvalue weighted by atomic mass is 10.1. The van der Waals surface area contributed by atoms with Crippen LogP contribution in [0, 0.1) is 6.92 Å². The number of aryl methyl sites for hydroxylation is 1. The molecular formula is C17H16BrClN2O2. The third-order valence-corrected chi connectivity index (χ3v) is 3.93. The molecule has 2 aromatic carbocycles. The summed E-state index contributed by atoms with van der Waals surface area (Å²) in [4.78, 5) is 23.8. The highest BCUT2D eigenvalue weighted by molar-refractivity contribution is 9.10. The van der Waals surface area contributed by atoms with Crippen molar-refractivity contribution >= 4 is 45.0 Å². The number of anilines is 1. The van der Waals surface area contributed by atoms with Gasteiger partial charge in [-0.15, -0.1) is 0 Å². The monoisotopic (exact) mass is 394 g/mol. The van der Waals surface area contributed by atoms with E-state index in [1.807, 2.05) is 19.1 Å². The van der Waals surface area contributed by atoms with Gasteiger partial charge in [-0.3, -0.25) is 9.59 Å². The molecule has 2 rings (SSSR count). The molecule has 2 N–H and O–H groups in total. The Morgan fingerprint density at radius 3 is 2.65 bits per heavy atom. The summed E-state index contributed by atoms with van der Waals surface area (Å²) in [5.74, 6) is -0.401. The average molecular weight is 396 g/mol. The number of carbonyl (C=O) groups excluding carboxylic acids is 2. The van der Waals surface area contributed by atoms with Crippen LogP contribution in [0.4, 0.5) is 5.69 Å². The van der Waals surface area contributed by atoms with Crippen molar-refractivity contribution in [1.82, 2.24) is 5.32 Å². The van der Waals surface area contributed by atoms with Crippen molar-refractivity contribution in [3.8, 4) is 0 Å². The van der Waals surface area contributed by atoms with Crippen molar-refractivity contribution in [3.63, 3.8) is 0 Å². The topological polar surface area (TPSA) is 58.2 Å². The van der Waals surface area contributed by atoms with E-state index in [9.17, 15) is 9.59 Å². The second-order valence-corrected chi connectivity index (χ2v) is 6.37. The van der Waals surface area contributed by atoms with Crippen molar-refractivity contribution in [3.05, 3.63) is 63.1 Å². The van der Waals surface area contributed by atoms with Crippen LogP contribution >= 0.6 is 27.5 Å². The molecule has 0 heterocycles. The molecule has 0 spiro atoms. The number of carbonyl (C=O) groups is 2. The fourth-order valence-electron chi connectivity index (χ4n) is 1.98. The number of rotatable bonds is 5. The van der Waals surface area contributed by atoms with Gasteiger partial charge in [0.1, 0.15) is 0 Å². The Kier molecular flexibility index (Phi) is 6.19. The third-order valence-electron chi connectivity index (χ3n) is 3.12. The highest BCUT2D eigenvalue weighted by Crippen LogP contribution is 2.25. The summed E-state index contributed by atoms with van der Waals surface area (Å²) < 4.78 is 0.839. The normalized spacial score (nSPS) is 10.2. The van der Waals surface area contributed by atoms with Crippen LogP contribution in [0.5, 0.6) is 0 Å². The van der Waals surface area contributed by atoms with Crippen LogP contribution in [0.15, 0.2) is 46.9 Å². The minimum atomic E-state index is -0.209. The molecule has 0 saturated carbocycles. The van der Waals surface area contributed by atoms with Crippen molar-refractivity contribution in [2.45, 2.75) is 13.3 Å². The summed E-state index contributed by atoms with van der Waals surface area (Å²) in [6.45, 7) is 2.18. The molecule has 6 heteroatoms. The standard InChI is InChI=1S/C17H16BrClN2O2/c1-11-3-2-4-12(9-11)17(23)20-8-7-16(22)21-15-6-5-13(18)10-14(15)19/h2-6,9-10H,7-8H2,1H3,(H,20,23)(H,21,22). The lowest BCUT2D eigenvalue weighted by Crippen LogP contribution is -2.27. The molecule has 0 aliphatic heterocycles. The molecule has 4 nitrogen and oxygen atoms in total. The van der Waals surface area contributed by atoms with E-state index in [4.69, 9.17) is 11.6 Å². The summed E-state index contributed by atoms with van der Waals surface area (Å²) >= 11 is 9.34. The molecule has 23 heavy (non-hydrogen) atoms. The molecule has 0 aromatic heterocycles. The fraction of sp³-hybridized carbons (Fsp3) is 0.176. The van der Waals surface area contributed by atoms with Gasteiger partial charge >= 0.3 is 0 Å². The van der Waals surface area contributed by atoms with E-state index in [-0.39, 0.29) is 24.8 Å². The fourth-order valence-corrected chi connectivity index (χ4v) is 2.70. The maximum Gasteiger partial charge on any atom is 0.251 e. The first-order chi connectivity index (χ1) is 11.0. The zero-order valence-corrected chi connectivity index (χ0v) is 14.9. The van der Waals surface area contributed by atoms with Crippen molar-refractivity contribution < 1.29 is 9.59 Å². The van der Waals surface area contributed by atoms with E-state index in [2.05, 4.69) is 26.6 Å². The molecule has 0 atom stereocenters. The maximum atomic E-state index is 12.0. The van der Waals surface area contributed by atoms with Crippen LogP contribution in [-0.4, -0.2) is 18.4 Å². The summed E-state index contributed by atoms with van der Waals surface area (Å²) in [6.07, 6.45) is 0.171. The SMILES string of the molecule is Cc1cccc(C(=O)NCCC(=O)Nc2ccc(Br)cc2Cl)c1. The summed E-state index contributed by atoms with van der Waals surface area (Å²) in [6, 6.07) is 12.5. The van der Waals surface area contributed by atoms with E-state index in [0.717, 1.165) is 10.0 Å². The quantitative estimate of drug-likeness (QED) is 0.798. The summed E-state index contributed by atoms with van der Waals surface area (Å²) in [5.41, 5.74) is 2.14. The predicted octanol–water partition coefficient (Wildman–Crippen LogP) is 4.17. The first kappa shape index (κ1) is 17.5. The molecule has 0 fully saturated rings. The van der Waals surface area contributed by atoms with Gasteiger partial charge < -0.3 is 10.6 Å². The molecule has 0 bridgehead atoms. The Labute approximate surface area is 148 Å². The van der Waals surface area contributed by atoms with Gasteiger partial charge in [0.2, 0.25) is 5.91 Å². The largest absolute Gasteiger partial charge is 0.352 e. The Morgan fingerprint density at radius 1 is 1.17 bits per heavy atom. The maximum absolute atomic E-state index is 12.0. The lowest BCUT2D eigenvalue weighted by molar-refractivity contribution is -0.116. The van der Waals surface area contributed by atoms with Crippen molar-refractivity contribution in [1.29, 1.82) is 0 Å². The molecule has 0 aliphatic carbocycles. The van der Waals surface area contributed by atoms with E-state index in [1.54, 1.807) is 30.3 Å². The average Bonchev–Trinajstić information content (AvgIpc) is 2.50. The molecule has 0 unspecified atom stereocenters. The second kappa shape index (κ2) is 8.13. The van der Waals surface area contributed by atoms with Crippen LogP contribution in [0.25, 0.3) is 0 Å². The van der Waals surface area contributed by atoms with E-state index >= 15 is 0 Å². The lowest BCUT2D eigenvalue weighted by Gasteiger charge is -2.08. The smallest absolute Gasteiger partial charge is 0.251 e. The third kappa shape index (κ3) is 5.37. The molecule has 0 saturated heterocycles. The van der Waals surface area contributed by atoms with Gasteiger partial charge in [-0.25, -0.2) is 0 Å². The van der Waals surface area contributed by atoms with Crippen LogP contribution in [-0.2, 0) is 4.79 Å². The molecule has 0 radical (unpaired) electrons. The van der Waals surface area contributed by atoms with Crippen LogP contribution in [0.2, 0.25) is 5.02 Å². The molecule has 2 amide bonds. The van der Waals surface area contributed by atoms with Gasteiger partial charge in [-0.2, -0.15) is 0 Å². The number of amides is 2. The Hall–Kier alpha value is -1.85. The Morgan fingerprint density at radius 2 is 1.96 bits per heavy atom. The van der Waals surface area contributed by atoms with Gasteiger partial charge in [0, 0.05) is 23.0 Å². The number of hydrogen-bond acceptors (Lipinski definition) is 2. The number of hydrogen-bond donors (Lipinski definition) is 2. The molecule has 0 aliphatic rings. The van der Waals surface area contributed by atoms with Crippen LogP contribution in [0.3, 0.4) is 0 Å². The van der Waals surface area contributed by atoms with Gasteiger partial charge in [0.25, 0.3) is 5.91 Å². The highest BCUT2D eigenvalue weighted by Gasteiger charge is 2.08.